The lowest BCUT2D eigenvalue weighted by Crippen LogP contribution is -2.57. The standard InChI is InChI=1S/C15H28N2O/c18-15(7-3-1-4-8-15)13-16-10-11-17-9-5-2-6-14(17)12-16/h14,18H,1-13H2. The summed E-state index contributed by atoms with van der Waals surface area (Å²) >= 11 is 0. The van der Waals surface area contributed by atoms with E-state index in [1.54, 1.807) is 0 Å². The number of nitrogens with zero attached hydrogens (tertiary/aromatic N) is 2. The van der Waals surface area contributed by atoms with Crippen molar-refractivity contribution >= 4 is 0 Å². The molecule has 3 heteroatoms. The Kier molecular flexibility index (Phi) is 3.92. The van der Waals surface area contributed by atoms with Crippen molar-refractivity contribution in [2.75, 3.05) is 32.7 Å². The van der Waals surface area contributed by atoms with Gasteiger partial charge in [0.2, 0.25) is 0 Å². The van der Waals surface area contributed by atoms with Crippen LogP contribution >= 0.6 is 0 Å². The predicted molar refractivity (Wildman–Crippen MR) is 73.7 cm³/mol. The first-order valence-corrected chi connectivity index (χ1v) is 7.94. The maximum absolute atomic E-state index is 10.7. The van der Waals surface area contributed by atoms with E-state index in [1.165, 1.54) is 64.7 Å². The van der Waals surface area contributed by atoms with E-state index in [0.29, 0.717) is 0 Å². The summed E-state index contributed by atoms with van der Waals surface area (Å²) in [6, 6.07) is 0.777. The zero-order chi connectivity index (χ0) is 12.4. The number of hydrogen-bond donors (Lipinski definition) is 1. The molecular weight excluding hydrogens is 224 g/mol. The lowest BCUT2D eigenvalue weighted by molar-refractivity contribution is -0.0476. The molecule has 2 heterocycles. The van der Waals surface area contributed by atoms with Crippen LogP contribution in [0.15, 0.2) is 0 Å². The zero-order valence-electron chi connectivity index (χ0n) is 11.6. The molecule has 1 atom stereocenters. The molecule has 0 aromatic heterocycles. The molecule has 1 N–H and O–H groups in total. The molecular formula is C15H28N2O. The SMILES string of the molecule is OC1(CN2CCN3CCCCC3C2)CCCCC1. The van der Waals surface area contributed by atoms with Gasteiger partial charge in [0.05, 0.1) is 5.60 Å². The molecule has 0 aromatic rings. The molecule has 1 saturated carbocycles. The van der Waals surface area contributed by atoms with Gasteiger partial charge in [-0.3, -0.25) is 9.80 Å². The Hall–Kier alpha value is -0.120. The maximum atomic E-state index is 10.7. The predicted octanol–water partition coefficient (Wildman–Crippen LogP) is 1.85. The Morgan fingerprint density at radius 2 is 1.78 bits per heavy atom. The smallest absolute Gasteiger partial charge is 0.0774 e. The van der Waals surface area contributed by atoms with Crippen molar-refractivity contribution in [1.29, 1.82) is 0 Å². The molecule has 104 valence electrons. The van der Waals surface area contributed by atoms with Gasteiger partial charge in [-0.25, -0.2) is 0 Å². The van der Waals surface area contributed by atoms with E-state index in [2.05, 4.69) is 9.80 Å². The summed E-state index contributed by atoms with van der Waals surface area (Å²) in [5, 5.41) is 10.7. The van der Waals surface area contributed by atoms with Gasteiger partial charge in [0.25, 0.3) is 0 Å². The lowest BCUT2D eigenvalue weighted by atomic mass is 9.84. The van der Waals surface area contributed by atoms with Crippen molar-refractivity contribution in [2.45, 2.75) is 63.0 Å². The molecule has 3 aliphatic rings. The fourth-order valence-electron chi connectivity index (χ4n) is 4.15. The molecule has 3 fully saturated rings. The minimum atomic E-state index is -0.366. The molecule has 3 rings (SSSR count). The Morgan fingerprint density at radius 1 is 0.944 bits per heavy atom. The molecule has 1 unspecified atom stereocenters. The van der Waals surface area contributed by atoms with Crippen molar-refractivity contribution in [2.24, 2.45) is 0 Å². The van der Waals surface area contributed by atoms with Gasteiger partial charge in [-0.15, -0.1) is 0 Å². The molecule has 0 bridgehead atoms. The van der Waals surface area contributed by atoms with Gasteiger partial charge in [0.15, 0.2) is 0 Å². The first-order chi connectivity index (χ1) is 8.75. The van der Waals surface area contributed by atoms with Crippen molar-refractivity contribution in [3.8, 4) is 0 Å². The molecule has 3 nitrogen and oxygen atoms in total. The van der Waals surface area contributed by atoms with Gasteiger partial charge in [-0.2, -0.15) is 0 Å². The van der Waals surface area contributed by atoms with Gasteiger partial charge >= 0.3 is 0 Å². The average Bonchev–Trinajstić information content (AvgIpc) is 2.39. The number of piperidine rings is 1. The number of β-amino-alcohol motifs (C(OH)–C–C–N with tert-alkyl or cyclic N) is 1. The second-order valence-corrected chi connectivity index (χ2v) is 6.71. The van der Waals surface area contributed by atoms with Crippen LogP contribution < -0.4 is 0 Å². The fourth-order valence-corrected chi connectivity index (χ4v) is 4.15. The van der Waals surface area contributed by atoms with Crippen LogP contribution in [-0.2, 0) is 0 Å². The first kappa shape index (κ1) is 12.9. The normalized spacial score (nSPS) is 34.2. The van der Waals surface area contributed by atoms with Crippen LogP contribution in [-0.4, -0.2) is 59.3 Å². The van der Waals surface area contributed by atoms with E-state index in [1.807, 2.05) is 0 Å². The average molecular weight is 252 g/mol. The van der Waals surface area contributed by atoms with Gasteiger partial charge < -0.3 is 5.11 Å². The Bertz CT molecular complexity index is 276. The highest BCUT2D eigenvalue weighted by Gasteiger charge is 2.35. The molecule has 0 aromatic carbocycles. The quantitative estimate of drug-likeness (QED) is 0.812. The second-order valence-electron chi connectivity index (χ2n) is 6.71. The summed E-state index contributed by atoms with van der Waals surface area (Å²) in [5.41, 5.74) is -0.366. The monoisotopic (exact) mass is 252 g/mol. The van der Waals surface area contributed by atoms with Crippen LogP contribution in [0.4, 0.5) is 0 Å². The molecule has 2 aliphatic heterocycles. The molecule has 18 heavy (non-hydrogen) atoms. The van der Waals surface area contributed by atoms with Crippen molar-refractivity contribution in [3.63, 3.8) is 0 Å². The highest BCUT2D eigenvalue weighted by Crippen LogP contribution is 2.30. The third-order valence-electron chi connectivity index (χ3n) is 5.22. The highest BCUT2D eigenvalue weighted by atomic mass is 16.3. The molecule has 1 aliphatic carbocycles. The topological polar surface area (TPSA) is 26.7 Å². The summed E-state index contributed by atoms with van der Waals surface area (Å²) in [6.07, 6.45) is 9.98. The van der Waals surface area contributed by atoms with Crippen LogP contribution in [0.25, 0.3) is 0 Å². The lowest BCUT2D eigenvalue weighted by Gasteiger charge is -2.46. The molecule has 0 radical (unpaired) electrons. The van der Waals surface area contributed by atoms with E-state index in [-0.39, 0.29) is 5.60 Å². The van der Waals surface area contributed by atoms with E-state index in [0.717, 1.165) is 25.4 Å². The summed E-state index contributed by atoms with van der Waals surface area (Å²) in [7, 11) is 0. The van der Waals surface area contributed by atoms with E-state index < -0.39 is 0 Å². The molecule has 0 amide bonds. The van der Waals surface area contributed by atoms with Crippen LogP contribution in [0.3, 0.4) is 0 Å². The molecule has 0 spiro atoms. The van der Waals surface area contributed by atoms with E-state index in [9.17, 15) is 5.11 Å². The van der Waals surface area contributed by atoms with Crippen molar-refractivity contribution in [3.05, 3.63) is 0 Å². The van der Waals surface area contributed by atoms with Crippen LogP contribution in [0.1, 0.15) is 51.4 Å². The van der Waals surface area contributed by atoms with Gasteiger partial charge in [-0.1, -0.05) is 25.7 Å². The third kappa shape index (κ3) is 2.89. The van der Waals surface area contributed by atoms with Crippen molar-refractivity contribution < 1.29 is 5.11 Å². The summed E-state index contributed by atoms with van der Waals surface area (Å²) < 4.78 is 0. The summed E-state index contributed by atoms with van der Waals surface area (Å²) in [5.74, 6) is 0. The summed E-state index contributed by atoms with van der Waals surface area (Å²) in [4.78, 5) is 5.21. The van der Waals surface area contributed by atoms with Crippen LogP contribution in [0.2, 0.25) is 0 Å². The Balaban J connectivity index is 1.54. The Morgan fingerprint density at radius 3 is 2.61 bits per heavy atom. The Labute approximate surface area is 111 Å². The highest BCUT2D eigenvalue weighted by molar-refractivity contribution is 4.90. The minimum Gasteiger partial charge on any atom is -0.389 e. The zero-order valence-corrected chi connectivity index (χ0v) is 11.6. The number of hydrogen-bond acceptors (Lipinski definition) is 3. The second kappa shape index (κ2) is 5.48. The van der Waals surface area contributed by atoms with E-state index in [4.69, 9.17) is 0 Å². The third-order valence-corrected chi connectivity index (χ3v) is 5.22. The fraction of sp³-hybridized carbons (Fsp3) is 1.00. The number of rotatable bonds is 2. The summed E-state index contributed by atoms with van der Waals surface area (Å²) in [6.45, 7) is 5.82. The molecule has 2 saturated heterocycles. The van der Waals surface area contributed by atoms with Gasteiger partial charge in [-0.05, 0) is 32.2 Å². The number of aliphatic hydroxyl groups is 1. The minimum absolute atomic E-state index is 0.366. The van der Waals surface area contributed by atoms with E-state index >= 15 is 0 Å². The number of piperazine rings is 1. The number of fused-ring (bicyclic) bond motifs is 1. The van der Waals surface area contributed by atoms with Gasteiger partial charge in [0, 0.05) is 32.2 Å². The van der Waals surface area contributed by atoms with Crippen LogP contribution in [0, 0.1) is 0 Å². The largest absolute Gasteiger partial charge is 0.389 e. The van der Waals surface area contributed by atoms with Gasteiger partial charge in [0.1, 0.15) is 0 Å². The first-order valence-electron chi connectivity index (χ1n) is 7.94. The maximum Gasteiger partial charge on any atom is 0.0774 e. The van der Waals surface area contributed by atoms with Crippen molar-refractivity contribution in [1.82, 2.24) is 9.80 Å². The van der Waals surface area contributed by atoms with Crippen LogP contribution in [0.5, 0.6) is 0 Å².